The van der Waals surface area contributed by atoms with Gasteiger partial charge in [-0.05, 0) is 76.2 Å². The number of fused-ring (bicyclic) bond motifs is 4. The van der Waals surface area contributed by atoms with Crippen molar-refractivity contribution in [3.8, 4) is 0 Å². The Balaban J connectivity index is 1.18. The molecule has 194 valence electrons. The number of thiophene rings is 2. The van der Waals surface area contributed by atoms with Crippen LogP contribution in [0.2, 0.25) is 0 Å². The molecule has 0 N–H and O–H groups in total. The van der Waals surface area contributed by atoms with Gasteiger partial charge in [-0.25, -0.2) is 0 Å². The summed E-state index contributed by atoms with van der Waals surface area (Å²) < 4.78 is 2.25. The van der Waals surface area contributed by atoms with Gasteiger partial charge in [0.25, 0.3) is 0 Å². The van der Waals surface area contributed by atoms with Gasteiger partial charge in [-0.3, -0.25) is 9.59 Å². The Morgan fingerprint density at radius 1 is 0.512 bits per heavy atom. The Hall–Kier alpha value is -4.84. The summed E-state index contributed by atoms with van der Waals surface area (Å²) in [5.74, 6) is -0.389. The monoisotopic (exact) mass is 563 g/mol. The first-order valence-electron chi connectivity index (χ1n) is 13.3. The SMILES string of the molecule is O=C1C(=Cc2cc3sc(N(c4ccccc4)c4ccc5ccccc5c4)cc3s2)C(=O)c2cc3ccccc3cc21. The summed E-state index contributed by atoms with van der Waals surface area (Å²) >= 11 is 3.31. The van der Waals surface area contributed by atoms with Crippen molar-refractivity contribution < 1.29 is 9.59 Å². The van der Waals surface area contributed by atoms with Crippen LogP contribution in [0.25, 0.3) is 37.0 Å². The highest BCUT2D eigenvalue weighted by molar-refractivity contribution is 7.30. The van der Waals surface area contributed by atoms with Gasteiger partial charge in [0.05, 0.1) is 5.57 Å². The van der Waals surface area contributed by atoms with Gasteiger partial charge in [0.2, 0.25) is 0 Å². The maximum Gasteiger partial charge on any atom is 0.197 e. The molecular formula is C36H21NO2S2. The molecule has 0 bridgehead atoms. The van der Waals surface area contributed by atoms with Gasteiger partial charge in [0.1, 0.15) is 5.00 Å². The summed E-state index contributed by atoms with van der Waals surface area (Å²) in [6.07, 6.45) is 1.77. The van der Waals surface area contributed by atoms with E-state index in [2.05, 4.69) is 83.8 Å². The molecule has 0 saturated carbocycles. The number of benzene rings is 5. The van der Waals surface area contributed by atoms with Crippen LogP contribution in [-0.2, 0) is 0 Å². The summed E-state index contributed by atoms with van der Waals surface area (Å²) in [4.78, 5) is 29.7. The predicted octanol–water partition coefficient (Wildman–Crippen LogP) is 10.2. The van der Waals surface area contributed by atoms with Gasteiger partial charge < -0.3 is 4.90 Å². The van der Waals surface area contributed by atoms with Gasteiger partial charge >= 0.3 is 0 Å². The minimum Gasteiger partial charge on any atom is -0.302 e. The van der Waals surface area contributed by atoms with Crippen LogP contribution in [0.15, 0.2) is 127 Å². The average molecular weight is 564 g/mol. The second-order valence-corrected chi connectivity index (χ2v) is 12.3. The number of ketones is 2. The number of carbonyl (C=O) groups is 2. The summed E-state index contributed by atoms with van der Waals surface area (Å²) in [6, 6.07) is 41.1. The van der Waals surface area contributed by atoms with Crippen molar-refractivity contribution in [2.45, 2.75) is 0 Å². The molecular weight excluding hydrogens is 543 g/mol. The van der Waals surface area contributed by atoms with Crippen LogP contribution in [0.3, 0.4) is 0 Å². The fourth-order valence-corrected chi connectivity index (χ4v) is 7.99. The maximum absolute atomic E-state index is 13.3. The maximum atomic E-state index is 13.3. The molecule has 0 saturated heterocycles. The normalized spacial score (nSPS) is 12.9. The van der Waals surface area contributed by atoms with E-state index in [1.165, 1.54) is 10.8 Å². The summed E-state index contributed by atoms with van der Waals surface area (Å²) in [7, 11) is 0. The molecule has 8 rings (SSSR count). The molecule has 0 atom stereocenters. The van der Waals surface area contributed by atoms with Gasteiger partial charge in [0, 0.05) is 36.8 Å². The first kappa shape index (κ1) is 24.0. The number of rotatable bonds is 4. The summed E-state index contributed by atoms with van der Waals surface area (Å²) in [5, 5.41) is 5.44. The lowest BCUT2D eigenvalue weighted by atomic mass is 10.0. The van der Waals surface area contributed by atoms with E-state index in [4.69, 9.17) is 0 Å². The first-order valence-corrected chi connectivity index (χ1v) is 15.0. The molecule has 0 spiro atoms. The van der Waals surface area contributed by atoms with E-state index in [0.717, 1.165) is 41.4 Å². The van der Waals surface area contributed by atoms with E-state index < -0.39 is 0 Å². The van der Waals surface area contributed by atoms with Crippen molar-refractivity contribution in [2.24, 2.45) is 0 Å². The molecule has 2 aromatic heterocycles. The highest BCUT2D eigenvalue weighted by Crippen LogP contribution is 2.45. The predicted molar refractivity (Wildman–Crippen MR) is 172 cm³/mol. The smallest absolute Gasteiger partial charge is 0.197 e. The highest BCUT2D eigenvalue weighted by Gasteiger charge is 2.33. The molecule has 0 amide bonds. The average Bonchev–Trinajstić information content (AvgIpc) is 3.64. The van der Waals surface area contributed by atoms with E-state index in [1.807, 2.05) is 42.5 Å². The molecule has 0 fully saturated rings. The Labute approximate surface area is 244 Å². The lowest BCUT2D eigenvalue weighted by molar-refractivity contribution is 0.0990. The molecule has 0 aliphatic heterocycles. The number of hydrogen-bond donors (Lipinski definition) is 0. The van der Waals surface area contributed by atoms with Crippen LogP contribution in [0.5, 0.6) is 0 Å². The minimum absolute atomic E-state index is 0.195. The number of carbonyl (C=O) groups excluding carboxylic acids is 2. The van der Waals surface area contributed by atoms with E-state index in [0.29, 0.717) is 11.1 Å². The second-order valence-electron chi connectivity index (χ2n) is 10.1. The van der Waals surface area contributed by atoms with Crippen molar-refractivity contribution in [1.29, 1.82) is 0 Å². The van der Waals surface area contributed by atoms with E-state index in [1.54, 1.807) is 28.7 Å². The van der Waals surface area contributed by atoms with Crippen molar-refractivity contribution in [2.75, 3.05) is 4.90 Å². The lowest BCUT2D eigenvalue weighted by Crippen LogP contribution is -2.08. The van der Waals surface area contributed by atoms with Crippen LogP contribution in [0.4, 0.5) is 16.4 Å². The zero-order valence-corrected chi connectivity index (χ0v) is 23.3. The fraction of sp³-hybridized carbons (Fsp3) is 0. The molecule has 1 aliphatic carbocycles. The fourth-order valence-electron chi connectivity index (χ4n) is 5.60. The molecule has 7 aromatic rings. The van der Waals surface area contributed by atoms with Crippen molar-refractivity contribution in [3.05, 3.63) is 143 Å². The van der Waals surface area contributed by atoms with Crippen LogP contribution < -0.4 is 4.90 Å². The van der Waals surface area contributed by atoms with E-state index in [9.17, 15) is 9.59 Å². The summed E-state index contributed by atoms with van der Waals surface area (Å²) in [5.41, 5.74) is 3.42. The Kier molecular flexibility index (Phi) is 5.49. The van der Waals surface area contributed by atoms with E-state index in [-0.39, 0.29) is 17.1 Å². The molecule has 2 heterocycles. The Morgan fingerprint density at radius 2 is 1.10 bits per heavy atom. The minimum atomic E-state index is -0.195. The largest absolute Gasteiger partial charge is 0.302 e. The van der Waals surface area contributed by atoms with Gasteiger partial charge in [-0.1, -0.05) is 72.8 Å². The number of anilines is 3. The zero-order chi connectivity index (χ0) is 27.5. The first-order chi connectivity index (χ1) is 20.1. The third kappa shape index (κ3) is 4.01. The number of allylic oxidation sites excluding steroid dienone is 1. The molecule has 5 aromatic carbocycles. The van der Waals surface area contributed by atoms with Crippen molar-refractivity contribution >= 4 is 87.6 Å². The van der Waals surface area contributed by atoms with Gasteiger partial charge in [0.15, 0.2) is 11.6 Å². The number of Topliss-reactive ketones (excluding diaryl/α,β-unsaturated/α-hetero) is 2. The molecule has 0 radical (unpaired) electrons. The lowest BCUT2D eigenvalue weighted by Gasteiger charge is -2.24. The number of hydrogen-bond acceptors (Lipinski definition) is 5. The zero-order valence-electron chi connectivity index (χ0n) is 21.7. The van der Waals surface area contributed by atoms with Crippen LogP contribution >= 0.6 is 22.7 Å². The third-order valence-electron chi connectivity index (χ3n) is 7.59. The molecule has 5 heteroatoms. The topological polar surface area (TPSA) is 37.4 Å². The Morgan fingerprint density at radius 3 is 1.76 bits per heavy atom. The van der Waals surface area contributed by atoms with Crippen LogP contribution in [0, 0.1) is 0 Å². The number of para-hydroxylation sites is 1. The Bertz CT molecular complexity index is 2120. The highest BCUT2D eigenvalue weighted by atomic mass is 32.1. The van der Waals surface area contributed by atoms with Crippen molar-refractivity contribution in [3.63, 3.8) is 0 Å². The van der Waals surface area contributed by atoms with Crippen LogP contribution in [0.1, 0.15) is 25.6 Å². The standard InChI is InChI=1S/C36H21NO2S2/c38-35-29-17-24-10-6-7-11-25(24)18-30(29)36(39)31(35)19-28-20-32-33(40-28)21-34(41-32)37(26-12-2-1-3-13-26)27-15-14-22-8-4-5-9-23(22)16-27/h1-21H. The molecule has 0 unspecified atom stereocenters. The van der Waals surface area contributed by atoms with E-state index >= 15 is 0 Å². The molecule has 3 nitrogen and oxygen atoms in total. The van der Waals surface area contributed by atoms with Gasteiger partial charge in [-0.2, -0.15) is 0 Å². The number of nitrogens with zero attached hydrogens (tertiary/aromatic N) is 1. The van der Waals surface area contributed by atoms with Gasteiger partial charge in [-0.15, -0.1) is 22.7 Å². The molecule has 41 heavy (non-hydrogen) atoms. The van der Waals surface area contributed by atoms with Crippen molar-refractivity contribution in [1.82, 2.24) is 0 Å². The van der Waals surface area contributed by atoms with Crippen LogP contribution in [-0.4, -0.2) is 11.6 Å². The summed E-state index contributed by atoms with van der Waals surface area (Å²) in [6.45, 7) is 0. The third-order valence-corrected chi connectivity index (χ3v) is 9.82. The second kappa shape index (κ2) is 9.37. The quantitative estimate of drug-likeness (QED) is 0.158. The molecule has 1 aliphatic rings.